The monoisotopic (exact) mass is 310 g/mol. The number of halogens is 2. The van der Waals surface area contributed by atoms with Gasteiger partial charge in [-0.2, -0.15) is 0 Å². The number of benzene rings is 2. The van der Waals surface area contributed by atoms with Gasteiger partial charge in [-0.25, -0.2) is 0 Å². The Bertz CT molecular complexity index is 627. The molecule has 0 saturated heterocycles. The molecule has 0 N–H and O–H groups in total. The molecule has 0 saturated carbocycles. The molecule has 0 atom stereocenters. The summed E-state index contributed by atoms with van der Waals surface area (Å²) in [6.07, 6.45) is 0. The van der Waals surface area contributed by atoms with E-state index in [0.29, 0.717) is 4.90 Å². The van der Waals surface area contributed by atoms with Crippen molar-refractivity contribution in [3.63, 3.8) is 0 Å². The summed E-state index contributed by atoms with van der Waals surface area (Å²) in [6, 6.07) is 14.4. The number of rotatable bonds is 4. The van der Waals surface area contributed by atoms with E-state index in [9.17, 15) is 9.59 Å². The van der Waals surface area contributed by atoms with Gasteiger partial charge in [0.25, 0.3) is 10.5 Å². The van der Waals surface area contributed by atoms with Gasteiger partial charge in [0.1, 0.15) is 0 Å². The van der Waals surface area contributed by atoms with Crippen molar-refractivity contribution in [1.82, 2.24) is 0 Å². The van der Waals surface area contributed by atoms with Gasteiger partial charge in [-0.3, -0.25) is 9.59 Å². The molecule has 2 nitrogen and oxygen atoms in total. The fraction of sp³-hybridized carbons (Fsp3) is 0. The molecule has 0 heterocycles. The Morgan fingerprint density at radius 3 is 2.11 bits per heavy atom. The standard InChI is InChI=1S/C14H8Cl2O2S/c15-13(17)10-7-4-8-11(12(10)14(16)18)19-9-5-2-1-3-6-9/h1-8H. The summed E-state index contributed by atoms with van der Waals surface area (Å²) in [7, 11) is 0. The number of hydrogen-bond acceptors (Lipinski definition) is 3. The van der Waals surface area contributed by atoms with Crippen LogP contribution < -0.4 is 0 Å². The molecule has 0 bridgehead atoms. The maximum Gasteiger partial charge on any atom is 0.254 e. The average molecular weight is 311 g/mol. The Balaban J connectivity index is 2.48. The summed E-state index contributed by atoms with van der Waals surface area (Å²) in [5, 5.41) is -1.39. The van der Waals surface area contributed by atoms with Crippen LogP contribution in [0.4, 0.5) is 0 Å². The van der Waals surface area contributed by atoms with Crippen molar-refractivity contribution in [3.8, 4) is 0 Å². The minimum absolute atomic E-state index is 0.127. The van der Waals surface area contributed by atoms with Gasteiger partial charge >= 0.3 is 0 Å². The van der Waals surface area contributed by atoms with E-state index in [1.165, 1.54) is 17.8 Å². The molecule has 0 aliphatic heterocycles. The van der Waals surface area contributed by atoms with Crippen molar-refractivity contribution in [2.24, 2.45) is 0 Å². The molecule has 5 heteroatoms. The largest absolute Gasteiger partial charge is 0.276 e. The molecular weight excluding hydrogens is 303 g/mol. The van der Waals surface area contributed by atoms with E-state index in [4.69, 9.17) is 23.2 Å². The maximum absolute atomic E-state index is 11.5. The lowest BCUT2D eigenvalue weighted by Crippen LogP contribution is -2.02. The molecule has 2 rings (SSSR count). The predicted octanol–water partition coefficient (Wildman–Crippen LogP) is 4.60. The van der Waals surface area contributed by atoms with Crippen LogP contribution in [0, 0.1) is 0 Å². The van der Waals surface area contributed by atoms with Gasteiger partial charge in [0, 0.05) is 15.4 Å². The molecule has 0 aliphatic carbocycles. The Labute approximate surface area is 124 Å². The lowest BCUT2D eigenvalue weighted by molar-refractivity contribution is 0.104. The third kappa shape index (κ3) is 3.38. The Morgan fingerprint density at radius 2 is 1.53 bits per heavy atom. The van der Waals surface area contributed by atoms with E-state index in [0.717, 1.165) is 4.90 Å². The van der Waals surface area contributed by atoms with Gasteiger partial charge < -0.3 is 0 Å². The number of carbonyl (C=O) groups excluding carboxylic acids is 2. The second kappa shape index (κ2) is 6.24. The first kappa shape index (κ1) is 14.1. The van der Waals surface area contributed by atoms with Gasteiger partial charge in [-0.05, 0) is 47.5 Å². The molecule has 0 fully saturated rings. The highest BCUT2D eigenvalue weighted by atomic mass is 35.5. The zero-order valence-corrected chi connectivity index (χ0v) is 11.9. The number of carbonyl (C=O) groups is 2. The highest BCUT2D eigenvalue weighted by molar-refractivity contribution is 7.99. The summed E-state index contributed by atoms with van der Waals surface area (Å²) in [4.78, 5) is 24.4. The van der Waals surface area contributed by atoms with Crippen LogP contribution in [0.1, 0.15) is 20.7 Å². The summed E-state index contributed by atoms with van der Waals surface area (Å²) in [5.74, 6) is 0. The van der Waals surface area contributed by atoms with Crippen LogP contribution in [0.25, 0.3) is 0 Å². The van der Waals surface area contributed by atoms with Crippen molar-refractivity contribution >= 4 is 45.4 Å². The topological polar surface area (TPSA) is 34.1 Å². The fourth-order valence-corrected chi connectivity index (χ4v) is 3.01. The zero-order valence-electron chi connectivity index (χ0n) is 9.60. The second-order valence-corrected chi connectivity index (χ2v) is 5.44. The zero-order chi connectivity index (χ0) is 13.8. The van der Waals surface area contributed by atoms with E-state index >= 15 is 0 Å². The third-order valence-corrected chi connectivity index (χ3v) is 3.87. The summed E-state index contributed by atoms with van der Waals surface area (Å²) < 4.78 is 0. The smallest absolute Gasteiger partial charge is 0.254 e. The van der Waals surface area contributed by atoms with Crippen LogP contribution in [0.2, 0.25) is 0 Å². The summed E-state index contributed by atoms with van der Waals surface area (Å²) >= 11 is 12.4. The van der Waals surface area contributed by atoms with Crippen molar-refractivity contribution in [2.45, 2.75) is 9.79 Å². The Kier molecular flexibility index (Phi) is 4.64. The molecule has 19 heavy (non-hydrogen) atoms. The molecule has 0 spiro atoms. The van der Waals surface area contributed by atoms with E-state index in [1.54, 1.807) is 12.1 Å². The van der Waals surface area contributed by atoms with Gasteiger partial charge in [-0.1, -0.05) is 36.0 Å². The van der Waals surface area contributed by atoms with Crippen molar-refractivity contribution < 1.29 is 9.59 Å². The summed E-state index contributed by atoms with van der Waals surface area (Å²) in [6.45, 7) is 0. The van der Waals surface area contributed by atoms with E-state index < -0.39 is 10.5 Å². The summed E-state index contributed by atoms with van der Waals surface area (Å²) in [5.41, 5.74) is 0.278. The molecule has 0 unspecified atom stereocenters. The van der Waals surface area contributed by atoms with E-state index in [-0.39, 0.29) is 11.1 Å². The first-order valence-electron chi connectivity index (χ1n) is 5.35. The lowest BCUT2D eigenvalue weighted by atomic mass is 10.1. The SMILES string of the molecule is O=C(Cl)c1cccc(Sc2ccccc2)c1C(=O)Cl. The van der Waals surface area contributed by atoms with Crippen LogP contribution in [-0.4, -0.2) is 10.5 Å². The predicted molar refractivity (Wildman–Crippen MR) is 77.4 cm³/mol. The van der Waals surface area contributed by atoms with Crippen LogP contribution >= 0.6 is 35.0 Å². The Morgan fingerprint density at radius 1 is 0.842 bits per heavy atom. The molecule has 0 radical (unpaired) electrons. The molecule has 96 valence electrons. The molecule has 0 aromatic heterocycles. The van der Waals surface area contributed by atoms with Crippen molar-refractivity contribution in [1.29, 1.82) is 0 Å². The van der Waals surface area contributed by atoms with E-state index in [2.05, 4.69) is 0 Å². The van der Waals surface area contributed by atoms with Crippen LogP contribution in [0.15, 0.2) is 58.3 Å². The molecular formula is C14H8Cl2O2S. The van der Waals surface area contributed by atoms with Crippen LogP contribution in [0.3, 0.4) is 0 Å². The molecule has 2 aromatic rings. The maximum atomic E-state index is 11.5. The quantitative estimate of drug-likeness (QED) is 0.774. The van der Waals surface area contributed by atoms with Crippen LogP contribution in [-0.2, 0) is 0 Å². The first-order valence-corrected chi connectivity index (χ1v) is 6.92. The minimum atomic E-state index is -0.695. The minimum Gasteiger partial charge on any atom is -0.276 e. The van der Waals surface area contributed by atoms with E-state index in [1.807, 2.05) is 30.3 Å². The second-order valence-electron chi connectivity index (χ2n) is 3.64. The highest BCUT2D eigenvalue weighted by Gasteiger charge is 2.18. The fourth-order valence-electron chi connectivity index (χ4n) is 1.60. The Hall–Kier alpha value is -1.29. The van der Waals surface area contributed by atoms with Crippen LogP contribution in [0.5, 0.6) is 0 Å². The lowest BCUT2D eigenvalue weighted by Gasteiger charge is -2.08. The number of hydrogen-bond donors (Lipinski definition) is 0. The molecule has 0 aliphatic rings. The van der Waals surface area contributed by atoms with Crippen molar-refractivity contribution in [2.75, 3.05) is 0 Å². The third-order valence-electron chi connectivity index (χ3n) is 2.41. The first-order chi connectivity index (χ1) is 9.09. The normalized spacial score (nSPS) is 10.2. The molecule has 0 amide bonds. The van der Waals surface area contributed by atoms with Crippen molar-refractivity contribution in [3.05, 3.63) is 59.7 Å². The van der Waals surface area contributed by atoms with Gasteiger partial charge in [0.2, 0.25) is 0 Å². The van der Waals surface area contributed by atoms with Gasteiger partial charge in [0.15, 0.2) is 0 Å². The highest BCUT2D eigenvalue weighted by Crippen LogP contribution is 2.33. The average Bonchev–Trinajstić information content (AvgIpc) is 2.39. The van der Waals surface area contributed by atoms with Gasteiger partial charge in [0.05, 0.1) is 5.56 Å². The van der Waals surface area contributed by atoms with Gasteiger partial charge in [-0.15, -0.1) is 0 Å². The molecule has 2 aromatic carbocycles.